The highest BCUT2D eigenvalue weighted by Crippen LogP contribution is 2.28. The molecule has 1 atom stereocenters. The second kappa shape index (κ2) is 5.71. The van der Waals surface area contributed by atoms with E-state index in [1.807, 2.05) is 7.05 Å². The lowest BCUT2D eigenvalue weighted by Gasteiger charge is -2.15. The van der Waals surface area contributed by atoms with Crippen LogP contribution in [-0.2, 0) is 0 Å². The minimum absolute atomic E-state index is 0.206. The van der Waals surface area contributed by atoms with Gasteiger partial charge in [-0.15, -0.1) is 0 Å². The Labute approximate surface area is 90.4 Å². The van der Waals surface area contributed by atoms with E-state index in [1.54, 1.807) is 19.2 Å². The van der Waals surface area contributed by atoms with Crippen LogP contribution in [0.3, 0.4) is 0 Å². The number of methoxy groups -OCH3 is 1. The molecule has 0 amide bonds. The van der Waals surface area contributed by atoms with Gasteiger partial charge in [0.2, 0.25) is 0 Å². The van der Waals surface area contributed by atoms with E-state index in [0.29, 0.717) is 5.92 Å². The van der Waals surface area contributed by atoms with Gasteiger partial charge >= 0.3 is 0 Å². The maximum absolute atomic E-state index is 13.1. The number of hydrogen-bond acceptors (Lipinski definition) is 2. The van der Waals surface area contributed by atoms with Crippen LogP contribution in [0.4, 0.5) is 4.39 Å². The van der Waals surface area contributed by atoms with Crippen LogP contribution in [0, 0.1) is 5.82 Å². The Morgan fingerprint density at radius 3 is 2.80 bits per heavy atom. The molecule has 0 bridgehead atoms. The van der Waals surface area contributed by atoms with Crippen LogP contribution < -0.4 is 10.1 Å². The first-order chi connectivity index (χ1) is 7.19. The summed E-state index contributed by atoms with van der Waals surface area (Å²) in [6.07, 6.45) is 0.969. The average molecular weight is 211 g/mol. The monoisotopic (exact) mass is 211 g/mol. The van der Waals surface area contributed by atoms with E-state index in [1.165, 1.54) is 6.07 Å². The molecule has 0 saturated carbocycles. The highest BCUT2D eigenvalue weighted by molar-refractivity contribution is 5.36. The van der Waals surface area contributed by atoms with Crippen molar-refractivity contribution in [2.45, 2.75) is 19.3 Å². The predicted octanol–water partition coefficient (Wildman–Crippen LogP) is 2.55. The summed E-state index contributed by atoms with van der Waals surface area (Å²) in [5.74, 6) is 0.852. The van der Waals surface area contributed by atoms with Crippen LogP contribution in [-0.4, -0.2) is 20.7 Å². The van der Waals surface area contributed by atoms with Gasteiger partial charge in [0, 0.05) is 0 Å². The zero-order valence-corrected chi connectivity index (χ0v) is 9.51. The number of halogens is 1. The van der Waals surface area contributed by atoms with Gasteiger partial charge in [0.1, 0.15) is 11.6 Å². The fraction of sp³-hybridized carbons (Fsp3) is 0.500. The lowest BCUT2D eigenvalue weighted by Crippen LogP contribution is -2.11. The fourth-order valence-electron chi connectivity index (χ4n) is 1.61. The third kappa shape index (κ3) is 3.20. The third-order valence-electron chi connectivity index (χ3n) is 2.55. The van der Waals surface area contributed by atoms with Crippen LogP contribution >= 0.6 is 0 Å². The molecule has 1 unspecified atom stereocenters. The molecule has 0 radical (unpaired) electrons. The first-order valence-corrected chi connectivity index (χ1v) is 5.17. The van der Waals surface area contributed by atoms with Crippen LogP contribution in [0.5, 0.6) is 5.75 Å². The number of hydrogen-bond donors (Lipinski definition) is 1. The average Bonchev–Trinajstić information content (AvgIpc) is 2.25. The Bertz CT molecular complexity index is 314. The van der Waals surface area contributed by atoms with Gasteiger partial charge in [-0.05, 0) is 49.7 Å². The number of nitrogens with one attached hydrogen (secondary N) is 1. The molecule has 0 saturated heterocycles. The van der Waals surface area contributed by atoms with Crippen molar-refractivity contribution in [2.24, 2.45) is 0 Å². The van der Waals surface area contributed by atoms with Gasteiger partial charge in [-0.25, -0.2) is 4.39 Å². The predicted molar refractivity (Wildman–Crippen MR) is 59.9 cm³/mol. The highest BCUT2D eigenvalue weighted by Gasteiger charge is 2.11. The van der Waals surface area contributed by atoms with Gasteiger partial charge in [-0.2, -0.15) is 0 Å². The summed E-state index contributed by atoms with van der Waals surface area (Å²) in [6.45, 7) is 3.00. The quantitative estimate of drug-likeness (QED) is 0.808. The number of benzene rings is 1. The molecule has 0 heterocycles. The molecule has 0 aliphatic rings. The Balaban J connectivity index is 2.85. The lowest BCUT2D eigenvalue weighted by atomic mass is 9.96. The molecular formula is C12H18FNO. The van der Waals surface area contributed by atoms with E-state index < -0.39 is 0 Å². The maximum Gasteiger partial charge on any atom is 0.123 e. The lowest BCUT2D eigenvalue weighted by molar-refractivity contribution is 0.403. The minimum Gasteiger partial charge on any atom is -0.496 e. The molecule has 1 rings (SSSR count). The van der Waals surface area contributed by atoms with Crippen molar-refractivity contribution in [3.8, 4) is 5.75 Å². The van der Waals surface area contributed by atoms with E-state index in [9.17, 15) is 4.39 Å². The first-order valence-electron chi connectivity index (χ1n) is 5.17. The largest absolute Gasteiger partial charge is 0.496 e. The summed E-state index contributed by atoms with van der Waals surface area (Å²) in [5.41, 5.74) is 0.938. The number of ether oxygens (including phenoxy) is 1. The zero-order chi connectivity index (χ0) is 11.3. The van der Waals surface area contributed by atoms with Crippen molar-refractivity contribution in [3.05, 3.63) is 29.6 Å². The van der Waals surface area contributed by atoms with E-state index >= 15 is 0 Å². The number of rotatable bonds is 5. The smallest absolute Gasteiger partial charge is 0.123 e. The third-order valence-corrected chi connectivity index (χ3v) is 2.55. The van der Waals surface area contributed by atoms with Crippen molar-refractivity contribution in [1.82, 2.24) is 5.32 Å². The zero-order valence-electron chi connectivity index (χ0n) is 9.51. The Morgan fingerprint density at radius 1 is 1.47 bits per heavy atom. The van der Waals surface area contributed by atoms with Gasteiger partial charge in [0.05, 0.1) is 7.11 Å². The highest BCUT2D eigenvalue weighted by atomic mass is 19.1. The van der Waals surface area contributed by atoms with Crippen molar-refractivity contribution in [2.75, 3.05) is 20.7 Å². The maximum atomic E-state index is 13.1. The summed E-state index contributed by atoms with van der Waals surface area (Å²) in [7, 11) is 3.52. The second-order valence-corrected chi connectivity index (χ2v) is 3.68. The molecule has 3 heteroatoms. The van der Waals surface area contributed by atoms with Crippen molar-refractivity contribution in [3.63, 3.8) is 0 Å². The summed E-state index contributed by atoms with van der Waals surface area (Å²) in [4.78, 5) is 0. The molecule has 1 aromatic rings. The van der Waals surface area contributed by atoms with Gasteiger partial charge < -0.3 is 10.1 Å². The Morgan fingerprint density at radius 2 is 2.20 bits per heavy atom. The molecular weight excluding hydrogens is 193 g/mol. The minimum atomic E-state index is -0.206. The molecule has 0 fully saturated rings. The Kier molecular flexibility index (Phi) is 4.56. The molecule has 0 spiro atoms. The SMILES string of the molecule is CNCCC(C)c1cc(F)ccc1OC. The van der Waals surface area contributed by atoms with E-state index in [2.05, 4.69) is 12.2 Å². The van der Waals surface area contributed by atoms with Crippen LogP contribution in [0.2, 0.25) is 0 Å². The Hall–Kier alpha value is -1.09. The molecule has 1 aromatic carbocycles. The first kappa shape index (κ1) is 12.0. The van der Waals surface area contributed by atoms with E-state index in [0.717, 1.165) is 24.3 Å². The van der Waals surface area contributed by atoms with E-state index in [-0.39, 0.29) is 5.82 Å². The fourth-order valence-corrected chi connectivity index (χ4v) is 1.61. The molecule has 0 aliphatic carbocycles. The molecule has 84 valence electrons. The van der Waals surface area contributed by atoms with Crippen molar-refractivity contribution >= 4 is 0 Å². The summed E-state index contributed by atoms with van der Waals surface area (Å²) in [6, 6.07) is 4.66. The van der Waals surface area contributed by atoms with Gasteiger partial charge in [0.15, 0.2) is 0 Å². The second-order valence-electron chi connectivity index (χ2n) is 3.68. The molecule has 0 aromatic heterocycles. The standard InChI is InChI=1S/C12H18FNO/c1-9(6-7-14-2)11-8-10(13)4-5-12(11)15-3/h4-5,8-9,14H,6-7H2,1-3H3. The summed E-state index contributed by atoms with van der Waals surface area (Å²) in [5, 5.41) is 3.09. The van der Waals surface area contributed by atoms with Gasteiger partial charge in [0.25, 0.3) is 0 Å². The summed E-state index contributed by atoms with van der Waals surface area (Å²) < 4.78 is 18.3. The molecule has 0 aliphatic heterocycles. The molecule has 15 heavy (non-hydrogen) atoms. The van der Waals surface area contributed by atoms with Crippen molar-refractivity contribution in [1.29, 1.82) is 0 Å². The van der Waals surface area contributed by atoms with Crippen molar-refractivity contribution < 1.29 is 9.13 Å². The van der Waals surface area contributed by atoms with Crippen LogP contribution in [0.25, 0.3) is 0 Å². The summed E-state index contributed by atoms with van der Waals surface area (Å²) >= 11 is 0. The molecule has 1 N–H and O–H groups in total. The normalized spacial score (nSPS) is 12.5. The van der Waals surface area contributed by atoms with E-state index in [4.69, 9.17) is 4.74 Å². The van der Waals surface area contributed by atoms with Crippen LogP contribution in [0.1, 0.15) is 24.8 Å². The van der Waals surface area contributed by atoms with Gasteiger partial charge in [-0.3, -0.25) is 0 Å². The van der Waals surface area contributed by atoms with Gasteiger partial charge in [-0.1, -0.05) is 6.92 Å². The topological polar surface area (TPSA) is 21.3 Å². The van der Waals surface area contributed by atoms with Crippen LogP contribution in [0.15, 0.2) is 18.2 Å². The molecule has 2 nitrogen and oxygen atoms in total.